The minimum absolute atomic E-state index is 0.127. The van der Waals surface area contributed by atoms with Crippen molar-refractivity contribution < 1.29 is 9.53 Å². The van der Waals surface area contributed by atoms with Gasteiger partial charge < -0.3 is 4.74 Å². The zero-order valence-electron chi connectivity index (χ0n) is 20.7. The fourth-order valence-corrected chi connectivity index (χ4v) is 4.31. The molecule has 0 radical (unpaired) electrons. The lowest BCUT2D eigenvalue weighted by Crippen LogP contribution is -2.35. The van der Waals surface area contributed by atoms with E-state index in [0.717, 1.165) is 18.4 Å². The highest BCUT2D eigenvalue weighted by atomic mass is 16.6. The summed E-state index contributed by atoms with van der Waals surface area (Å²) in [4.78, 5) is 12.2. The van der Waals surface area contributed by atoms with Crippen LogP contribution in [-0.2, 0) is 15.1 Å². The van der Waals surface area contributed by atoms with Gasteiger partial charge >= 0.3 is 5.97 Å². The minimum atomic E-state index is -0.537. The average molecular weight is 431 g/mol. The molecule has 2 heteroatoms. The van der Waals surface area contributed by atoms with Crippen molar-refractivity contribution in [2.75, 3.05) is 0 Å². The molecule has 2 nitrogen and oxygen atoms in total. The van der Waals surface area contributed by atoms with Crippen LogP contribution in [0.5, 0.6) is 0 Å². The van der Waals surface area contributed by atoms with Gasteiger partial charge in [0.05, 0.1) is 5.41 Å². The molecule has 0 N–H and O–H groups in total. The van der Waals surface area contributed by atoms with Crippen LogP contribution in [0.2, 0.25) is 0 Å². The van der Waals surface area contributed by atoms with Gasteiger partial charge in [-0.25, -0.2) is 0 Å². The topological polar surface area (TPSA) is 26.3 Å². The van der Waals surface area contributed by atoms with E-state index in [1.54, 1.807) is 0 Å². The fourth-order valence-electron chi connectivity index (χ4n) is 4.31. The van der Waals surface area contributed by atoms with E-state index in [1.165, 1.54) is 21.9 Å². The molecule has 1 aliphatic carbocycles. The van der Waals surface area contributed by atoms with Crippen LogP contribution >= 0.6 is 0 Å². The minimum Gasteiger partial charge on any atom is -0.454 e. The molecule has 0 saturated carbocycles. The molecule has 0 aromatic heterocycles. The quantitative estimate of drug-likeness (QED) is 0.380. The standard InChI is InChI=1S/C16H24O2.C14H14/c1-6-15(3,4)14(17)18-16(5,7-2)13-11-9-8-10-12-13;1-9-10(2)13-8-4-6-11-5-3-7-12(9)14(11)13/h8-12H,6-7H2,1-5H3;3-10H,1-2H3. The summed E-state index contributed by atoms with van der Waals surface area (Å²) in [7, 11) is 0. The monoisotopic (exact) mass is 430 g/mol. The summed E-state index contributed by atoms with van der Waals surface area (Å²) in [5.41, 5.74) is 3.15. The summed E-state index contributed by atoms with van der Waals surface area (Å²) in [5, 5.41) is 2.91. The predicted octanol–water partition coefficient (Wildman–Crippen LogP) is 8.35. The highest BCUT2D eigenvalue weighted by Gasteiger charge is 2.35. The van der Waals surface area contributed by atoms with Gasteiger partial charge in [0.25, 0.3) is 0 Å². The van der Waals surface area contributed by atoms with Crippen LogP contribution in [0.25, 0.3) is 10.8 Å². The van der Waals surface area contributed by atoms with E-state index in [-0.39, 0.29) is 5.97 Å². The highest BCUT2D eigenvalue weighted by Crippen LogP contribution is 2.45. The van der Waals surface area contributed by atoms with Crippen LogP contribution in [0.3, 0.4) is 0 Å². The average Bonchev–Trinajstić information content (AvgIpc) is 3.07. The molecule has 3 aromatic carbocycles. The lowest BCUT2D eigenvalue weighted by atomic mass is 9.88. The smallest absolute Gasteiger partial charge is 0.312 e. The van der Waals surface area contributed by atoms with E-state index in [2.05, 4.69) is 50.2 Å². The van der Waals surface area contributed by atoms with Crippen LogP contribution in [0, 0.1) is 5.41 Å². The molecule has 1 aliphatic rings. The van der Waals surface area contributed by atoms with Crippen molar-refractivity contribution in [2.45, 2.75) is 78.7 Å². The van der Waals surface area contributed by atoms with E-state index in [0.29, 0.717) is 11.8 Å². The molecule has 32 heavy (non-hydrogen) atoms. The van der Waals surface area contributed by atoms with Crippen molar-refractivity contribution in [3.63, 3.8) is 0 Å². The second kappa shape index (κ2) is 9.48. The number of carbonyl (C=O) groups is 1. The summed E-state index contributed by atoms with van der Waals surface area (Å²) in [6.45, 7) is 14.5. The number of rotatable bonds is 5. The van der Waals surface area contributed by atoms with Crippen LogP contribution in [0.1, 0.15) is 89.8 Å². The van der Waals surface area contributed by atoms with Gasteiger partial charge in [-0.15, -0.1) is 0 Å². The SMILES string of the molecule is CC1c2cccc3cccc(c23)C1C.CCC(C)(C)C(=O)OC(C)(CC)c1ccccc1. The molecule has 0 saturated heterocycles. The summed E-state index contributed by atoms with van der Waals surface area (Å²) in [5.74, 6) is 1.23. The predicted molar refractivity (Wildman–Crippen MR) is 135 cm³/mol. The molecule has 0 spiro atoms. The highest BCUT2D eigenvalue weighted by molar-refractivity contribution is 5.92. The molecule has 170 valence electrons. The first kappa shape index (κ1) is 24.0. The van der Waals surface area contributed by atoms with Crippen molar-refractivity contribution in [3.8, 4) is 0 Å². The molecule has 0 amide bonds. The third-order valence-corrected chi connectivity index (χ3v) is 7.51. The molecule has 0 fully saturated rings. The van der Waals surface area contributed by atoms with Gasteiger partial charge in [-0.05, 0) is 72.9 Å². The Kier molecular flexibility index (Phi) is 7.12. The lowest BCUT2D eigenvalue weighted by molar-refractivity contribution is -0.170. The summed E-state index contributed by atoms with van der Waals surface area (Å²) in [6.07, 6.45) is 1.54. The molecule has 4 rings (SSSR count). The first-order chi connectivity index (χ1) is 15.1. The van der Waals surface area contributed by atoms with Crippen molar-refractivity contribution in [2.24, 2.45) is 5.41 Å². The number of hydrogen-bond acceptors (Lipinski definition) is 2. The maximum Gasteiger partial charge on any atom is 0.312 e. The Morgan fingerprint density at radius 1 is 0.781 bits per heavy atom. The number of hydrogen-bond donors (Lipinski definition) is 0. The molecule has 0 aliphatic heterocycles. The Morgan fingerprint density at radius 2 is 1.31 bits per heavy atom. The zero-order chi connectivity index (χ0) is 23.5. The van der Waals surface area contributed by atoms with Crippen LogP contribution in [-0.4, -0.2) is 5.97 Å². The van der Waals surface area contributed by atoms with E-state index >= 15 is 0 Å². The molecular weight excluding hydrogens is 392 g/mol. The molecule has 0 bridgehead atoms. The van der Waals surface area contributed by atoms with E-state index in [4.69, 9.17) is 4.74 Å². The van der Waals surface area contributed by atoms with Crippen molar-refractivity contribution >= 4 is 16.7 Å². The van der Waals surface area contributed by atoms with Crippen LogP contribution in [0.15, 0.2) is 66.7 Å². The second-order valence-electron chi connectivity index (χ2n) is 9.95. The molecule has 3 aromatic rings. The van der Waals surface area contributed by atoms with Crippen molar-refractivity contribution in [1.82, 2.24) is 0 Å². The van der Waals surface area contributed by atoms with Gasteiger partial charge in [-0.1, -0.05) is 94.4 Å². The maximum absolute atomic E-state index is 12.2. The third-order valence-electron chi connectivity index (χ3n) is 7.51. The number of benzene rings is 3. The summed E-state index contributed by atoms with van der Waals surface area (Å²) >= 11 is 0. The Labute approximate surface area is 194 Å². The third kappa shape index (κ3) is 4.60. The summed E-state index contributed by atoms with van der Waals surface area (Å²) < 4.78 is 5.79. The van der Waals surface area contributed by atoms with Crippen molar-refractivity contribution in [3.05, 3.63) is 83.4 Å². The first-order valence-electron chi connectivity index (χ1n) is 11.9. The number of carbonyl (C=O) groups excluding carboxylic acids is 1. The van der Waals surface area contributed by atoms with Gasteiger partial charge in [0.1, 0.15) is 5.60 Å². The van der Waals surface area contributed by atoms with E-state index in [1.807, 2.05) is 65.0 Å². The van der Waals surface area contributed by atoms with Gasteiger partial charge in [0.2, 0.25) is 0 Å². The van der Waals surface area contributed by atoms with Crippen LogP contribution < -0.4 is 0 Å². The Morgan fingerprint density at radius 3 is 1.78 bits per heavy atom. The maximum atomic E-state index is 12.2. The van der Waals surface area contributed by atoms with Gasteiger partial charge in [-0.2, -0.15) is 0 Å². The van der Waals surface area contributed by atoms with Gasteiger partial charge in [-0.3, -0.25) is 4.79 Å². The number of esters is 1. The second-order valence-corrected chi connectivity index (χ2v) is 9.95. The Bertz CT molecular complexity index is 1020. The molecule has 3 atom stereocenters. The molecule has 3 unspecified atom stereocenters. The van der Waals surface area contributed by atoms with Gasteiger partial charge in [0.15, 0.2) is 0 Å². The van der Waals surface area contributed by atoms with Gasteiger partial charge in [0, 0.05) is 0 Å². The largest absolute Gasteiger partial charge is 0.454 e. The van der Waals surface area contributed by atoms with E-state index in [9.17, 15) is 4.79 Å². The molecular formula is C30H38O2. The van der Waals surface area contributed by atoms with Crippen LogP contribution in [0.4, 0.5) is 0 Å². The fraction of sp³-hybridized carbons (Fsp3) is 0.433. The van der Waals surface area contributed by atoms with E-state index < -0.39 is 11.0 Å². The number of ether oxygens (including phenoxy) is 1. The Hall–Kier alpha value is -2.61. The molecule has 0 heterocycles. The normalized spacial score (nSPS) is 19.1. The zero-order valence-corrected chi connectivity index (χ0v) is 20.7. The first-order valence-corrected chi connectivity index (χ1v) is 11.9. The Balaban J connectivity index is 0.000000185. The lowest BCUT2D eigenvalue weighted by Gasteiger charge is -2.33. The van der Waals surface area contributed by atoms with Crippen molar-refractivity contribution in [1.29, 1.82) is 0 Å². The summed E-state index contributed by atoms with van der Waals surface area (Å²) in [6, 6.07) is 23.3.